The maximum absolute atomic E-state index is 15.5. The van der Waals surface area contributed by atoms with E-state index in [2.05, 4.69) is 78.9 Å². The van der Waals surface area contributed by atoms with Gasteiger partial charge in [0.25, 0.3) is 0 Å². The number of hydrogen-bond acceptors (Lipinski definition) is 19. The van der Waals surface area contributed by atoms with Gasteiger partial charge in [0.15, 0.2) is 11.8 Å². The number of aromatic hydroxyl groups is 1. The van der Waals surface area contributed by atoms with Crippen LogP contribution in [0.2, 0.25) is 0 Å². The summed E-state index contributed by atoms with van der Waals surface area (Å²) in [6.45, 7) is 12.7. The van der Waals surface area contributed by atoms with Crippen LogP contribution in [0.3, 0.4) is 0 Å². The average molecular weight is 1570 g/mol. The molecule has 28 heteroatoms. The molecule has 10 atom stereocenters. The minimum Gasteiger partial charge on any atom is -0.508 e. The van der Waals surface area contributed by atoms with Gasteiger partial charge in [0.2, 0.25) is 35.4 Å². The lowest BCUT2D eigenvalue weighted by Crippen LogP contribution is -2.62. The van der Waals surface area contributed by atoms with Gasteiger partial charge in [-0.2, -0.15) is 0 Å². The van der Waals surface area contributed by atoms with Gasteiger partial charge < -0.3 is 77.2 Å². The van der Waals surface area contributed by atoms with E-state index in [9.17, 15) is 49.2 Å². The highest BCUT2D eigenvalue weighted by Crippen LogP contribution is 2.48. The number of hydrogen-bond donors (Lipinski definition) is 12. The van der Waals surface area contributed by atoms with E-state index in [1.54, 1.807) is 89.7 Å². The molecular weight excluding hydrogens is 1470 g/mol. The van der Waals surface area contributed by atoms with Crippen molar-refractivity contribution in [3.8, 4) is 11.5 Å². The highest BCUT2D eigenvalue weighted by molar-refractivity contribution is 8.76. The number of phenols is 1. The van der Waals surface area contributed by atoms with Crippen molar-refractivity contribution in [2.45, 2.75) is 177 Å². The number of benzene rings is 6. The Bertz CT molecular complexity index is 4050. The molecule has 0 saturated carbocycles. The van der Waals surface area contributed by atoms with Crippen LogP contribution >= 0.6 is 33.3 Å². The van der Waals surface area contributed by atoms with E-state index in [1.807, 2.05) is 84.9 Å². The number of fused-ring (bicyclic) bond motifs is 1. The number of nitrogens with one attached hydrogen (secondary N) is 8. The molecule has 110 heavy (non-hydrogen) atoms. The molecule has 0 aromatic heterocycles. The molecule has 1 heterocycles. The molecule has 8 amide bonds. The minimum atomic E-state index is -1.89. The second kappa shape index (κ2) is 40.7. The summed E-state index contributed by atoms with van der Waals surface area (Å²) in [5.74, 6) is -9.25. The van der Waals surface area contributed by atoms with Gasteiger partial charge in [-0.3, -0.25) is 33.6 Å². The Morgan fingerprint density at radius 2 is 1.18 bits per heavy atom. The third-order valence-electron chi connectivity index (χ3n) is 18.0. The number of carbonyl (C=O) groups excluding carboxylic acids is 9. The van der Waals surface area contributed by atoms with Gasteiger partial charge in [0, 0.05) is 49.0 Å². The fourth-order valence-electron chi connectivity index (χ4n) is 12.6. The Morgan fingerprint density at radius 3 is 1.77 bits per heavy atom. The number of ketones is 1. The van der Waals surface area contributed by atoms with Crippen LogP contribution in [0.25, 0.3) is 5.57 Å². The van der Waals surface area contributed by atoms with Crippen molar-refractivity contribution < 1.29 is 82.6 Å². The number of rotatable bonds is 27. The highest BCUT2D eigenvalue weighted by atomic mass is 33.1. The molecule has 0 radical (unpaired) electrons. The van der Waals surface area contributed by atoms with Crippen LogP contribution in [-0.2, 0) is 71.8 Å². The van der Waals surface area contributed by atoms with Crippen LogP contribution in [0.4, 0.5) is 9.59 Å². The molecule has 1 aliphatic carbocycles. The number of ether oxygens (including phenoxy) is 3. The number of Topliss-reactive ketones (excluding diaryl/α,β-unsaturated/α-hetero) is 1. The van der Waals surface area contributed by atoms with Crippen LogP contribution < -0.4 is 47.3 Å². The first-order valence-electron chi connectivity index (χ1n) is 36.6. The summed E-state index contributed by atoms with van der Waals surface area (Å²) in [6, 6.07) is 39.7. The SMILES string of the molecule is C[C@@H](O)[C@H](NC(=O)[C@@H]1CSSC[C@H](NC(=O)C(Cc2ccc(OCCSC(c3ccccc3)(c3ccccc3)c3ccccc3)cc2)NC(=O)OC(C)(C)C)C(=O)C[C@@H](Cc2ccc(O)cc2)C(=O)N[C@H](CC2=CCc3ccccc32)C(=O)N[C@@H](CCCCNC(=O)OC(C)(C)C)C(=O)N[C@@H]([C@@H](C)O)C(=O)N1)C(=O)O. The summed E-state index contributed by atoms with van der Waals surface area (Å²) < 4.78 is 16.8. The van der Waals surface area contributed by atoms with Crippen molar-refractivity contribution in [2.75, 3.05) is 30.4 Å². The summed E-state index contributed by atoms with van der Waals surface area (Å²) >= 11 is 1.73. The Labute approximate surface area is 653 Å². The molecule has 8 rings (SSSR count). The van der Waals surface area contributed by atoms with E-state index in [-0.39, 0.29) is 56.6 Å². The van der Waals surface area contributed by atoms with E-state index in [0.717, 1.165) is 56.3 Å². The van der Waals surface area contributed by atoms with Gasteiger partial charge in [-0.25, -0.2) is 14.4 Å². The minimum absolute atomic E-state index is 0.0736. The Morgan fingerprint density at radius 1 is 0.618 bits per heavy atom. The topological polar surface area (TPSA) is 376 Å². The smallest absolute Gasteiger partial charge is 0.408 e. The maximum atomic E-state index is 15.5. The number of unbranched alkanes of at least 4 members (excludes halogenated alkanes) is 1. The summed E-state index contributed by atoms with van der Waals surface area (Å²) in [6.07, 6.45) is -3.46. The number of amides is 8. The molecule has 0 spiro atoms. The molecule has 0 bridgehead atoms. The van der Waals surface area contributed by atoms with Gasteiger partial charge >= 0.3 is 18.2 Å². The van der Waals surface area contributed by atoms with E-state index >= 15 is 19.2 Å². The summed E-state index contributed by atoms with van der Waals surface area (Å²) in [4.78, 5) is 144. The number of alkyl carbamates (subject to hydrolysis) is 2. The first-order valence-corrected chi connectivity index (χ1v) is 40.1. The normalized spacial score (nSPS) is 19.5. The molecule has 1 aliphatic heterocycles. The number of carbonyl (C=O) groups is 10. The van der Waals surface area contributed by atoms with Crippen LogP contribution in [0.15, 0.2) is 170 Å². The van der Waals surface area contributed by atoms with Crippen molar-refractivity contribution in [2.24, 2.45) is 5.92 Å². The number of allylic oxidation sites excluding steroid dienone is 1. The predicted octanol–water partition coefficient (Wildman–Crippen LogP) is 8.63. The van der Waals surface area contributed by atoms with E-state index < -0.39 is 148 Å². The van der Waals surface area contributed by atoms with E-state index in [4.69, 9.17) is 14.2 Å². The number of carboxylic acids is 1. The zero-order valence-electron chi connectivity index (χ0n) is 63.0. The molecule has 1 fully saturated rings. The lowest BCUT2D eigenvalue weighted by Gasteiger charge is -2.35. The van der Waals surface area contributed by atoms with Crippen molar-refractivity contribution in [1.82, 2.24) is 42.5 Å². The Kier molecular flexibility index (Phi) is 31.7. The fraction of sp³-hybridized carbons (Fsp3) is 0.415. The number of phenolic OH excluding ortho intramolecular Hbond substituents is 1. The van der Waals surface area contributed by atoms with Gasteiger partial charge in [0.05, 0.1) is 29.6 Å². The molecule has 588 valence electrons. The van der Waals surface area contributed by atoms with Crippen LogP contribution in [-0.4, -0.2) is 176 Å². The third kappa shape index (κ3) is 25.9. The molecular formula is C82H100N8O17S3. The Balaban J connectivity index is 1.12. The second-order valence-electron chi connectivity index (χ2n) is 29.1. The molecule has 1 unspecified atom stereocenters. The summed E-state index contributed by atoms with van der Waals surface area (Å²) in [5, 5.41) is 63.2. The average Bonchev–Trinajstić information content (AvgIpc) is 0.929. The van der Waals surface area contributed by atoms with Gasteiger partial charge in [-0.05, 0) is 156 Å². The van der Waals surface area contributed by atoms with Crippen molar-refractivity contribution >= 4 is 98.3 Å². The lowest BCUT2D eigenvalue weighted by atomic mass is 9.84. The number of aliphatic hydroxyl groups excluding tert-OH is 2. The fourth-order valence-corrected chi connectivity index (χ4v) is 16.3. The molecule has 2 aliphatic rings. The standard InChI is InChI=1S/C82H100N8O17S3/c1-50(91)69-76(100)87-67(75(99)90-70(51(2)92)77(101)102)49-110-109-48-66(86-73(97)64(88-79(104)107-81(6,7)8)45-53-33-39-61(40-34-53)105-42-43-108-82(57-23-12-9-13-24-57,58-25-14-10-15-26-58)59-27-16-11-17-28-59)68(94)47-56(44-52-31-37-60(93)38-32-52)71(95)85-65(46-55-36-35-54-22-18-19-29-62(54)55)74(98)84-63(72(96)89-69)30-20-21-41-83-78(103)106-80(3,4)5/h9-19,22-29,31-34,36-40,50-51,56,63-67,69-70,91-93H,20-21,30,35,41-49H2,1-8H3,(H,83,103)(H,84,98)(H,85,95)(H,86,97)(H,87,100)(H,88,104)(H,89,96)(H,90,99)(H,101,102)/t50-,51-,56-,63+,64?,65-,66+,67+,69+,70+/m1/s1. The number of carboxylic acid groups (broad SMARTS) is 1. The number of thioether (sulfide) groups is 1. The van der Waals surface area contributed by atoms with Gasteiger partial charge in [0.1, 0.15) is 52.9 Å². The second-order valence-corrected chi connectivity index (χ2v) is 32.9. The highest BCUT2D eigenvalue weighted by Gasteiger charge is 2.40. The van der Waals surface area contributed by atoms with E-state index in [0.29, 0.717) is 41.2 Å². The zero-order chi connectivity index (χ0) is 79.7. The van der Waals surface area contributed by atoms with E-state index in [1.165, 1.54) is 19.1 Å². The van der Waals surface area contributed by atoms with Crippen LogP contribution in [0.5, 0.6) is 11.5 Å². The van der Waals surface area contributed by atoms with Crippen molar-refractivity contribution in [3.63, 3.8) is 0 Å². The molecule has 25 nitrogen and oxygen atoms in total. The first kappa shape index (κ1) is 85.7. The predicted molar refractivity (Wildman–Crippen MR) is 424 cm³/mol. The van der Waals surface area contributed by atoms with Crippen molar-refractivity contribution in [3.05, 3.63) is 209 Å². The number of aliphatic carboxylic acids is 1. The van der Waals surface area contributed by atoms with Gasteiger partial charge in [-0.15, -0.1) is 11.8 Å². The first-order chi connectivity index (χ1) is 52.4. The summed E-state index contributed by atoms with van der Waals surface area (Å²) in [7, 11) is 1.80. The lowest BCUT2D eigenvalue weighted by molar-refractivity contribution is -0.145. The maximum Gasteiger partial charge on any atom is 0.408 e. The van der Waals surface area contributed by atoms with Crippen LogP contribution in [0, 0.1) is 5.92 Å². The molecule has 12 N–H and O–H groups in total. The Hall–Kier alpha value is -9.87. The quantitative estimate of drug-likeness (QED) is 0.0130. The third-order valence-corrected chi connectivity index (χ3v) is 22.0. The van der Waals surface area contributed by atoms with Crippen LogP contribution in [0.1, 0.15) is 126 Å². The monoisotopic (exact) mass is 1560 g/mol. The largest absolute Gasteiger partial charge is 0.508 e. The van der Waals surface area contributed by atoms with Gasteiger partial charge in [-0.1, -0.05) is 167 Å². The molecule has 6 aromatic carbocycles. The summed E-state index contributed by atoms with van der Waals surface area (Å²) in [5.41, 5.74) is 4.87. The molecule has 6 aromatic rings. The number of aliphatic hydroxyl groups is 2. The molecule has 1 saturated heterocycles. The zero-order valence-corrected chi connectivity index (χ0v) is 65.4. The van der Waals surface area contributed by atoms with Crippen molar-refractivity contribution in [1.29, 1.82) is 0 Å².